The van der Waals surface area contributed by atoms with Gasteiger partial charge in [0.05, 0.1) is 17.8 Å². The lowest BCUT2D eigenvalue weighted by Gasteiger charge is -2.13. The van der Waals surface area contributed by atoms with Crippen LogP contribution in [0.1, 0.15) is 5.56 Å². The Bertz CT molecular complexity index is 598. The normalized spacial score (nSPS) is 12.4. The van der Waals surface area contributed by atoms with Crippen LogP contribution in [0, 0.1) is 6.92 Å². The minimum atomic E-state index is -0.682. The maximum Gasteiger partial charge on any atom is 0.243 e. The molecule has 1 unspecified atom stereocenters. The number of aryl methyl sites for hydroxylation is 1. The van der Waals surface area contributed by atoms with Gasteiger partial charge < -0.3 is 15.8 Å². The maximum absolute atomic E-state index is 11.9. The predicted octanol–water partition coefficient (Wildman–Crippen LogP) is 1.46. The number of hydrogen-bond acceptors (Lipinski definition) is 4. The van der Waals surface area contributed by atoms with Crippen LogP contribution in [-0.2, 0) is 9.53 Å². The van der Waals surface area contributed by atoms with Gasteiger partial charge in [-0.3, -0.25) is 9.78 Å². The van der Waals surface area contributed by atoms with Crippen LogP contribution in [0.4, 0.5) is 5.69 Å². The Balaban J connectivity index is 2.31. The number of nitrogens with zero attached hydrogens (tertiary/aromatic N) is 1. The van der Waals surface area contributed by atoms with E-state index in [0.29, 0.717) is 5.69 Å². The third-order valence-corrected chi connectivity index (χ3v) is 2.91. The lowest BCUT2D eigenvalue weighted by atomic mass is 10.1. The molecule has 5 nitrogen and oxygen atoms in total. The van der Waals surface area contributed by atoms with E-state index in [9.17, 15) is 4.79 Å². The standard InChI is InChI=1S/C14H17N3O2/c1-9-5-6-12(10-4-3-7-16-13(9)10)17-14(18)11(15)8-19-2/h3-7,11H,8,15H2,1-2H3,(H,17,18). The summed E-state index contributed by atoms with van der Waals surface area (Å²) < 4.78 is 4.87. The monoisotopic (exact) mass is 259 g/mol. The highest BCUT2D eigenvalue weighted by atomic mass is 16.5. The molecule has 1 amide bonds. The molecule has 100 valence electrons. The highest BCUT2D eigenvalue weighted by Gasteiger charge is 2.14. The van der Waals surface area contributed by atoms with Crippen LogP contribution in [0.15, 0.2) is 30.5 Å². The van der Waals surface area contributed by atoms with Crippen LogP contribution in [0.5, 0.6) is 0 Å². The summed E-state index contributed by atoms with van der Waals surface area (Å²) in [4.78, 5) is 16.2. The SMILES string of the molecule is COCC(N)C(=O)Nc1ccc(C)c2ncccc12. The number of fused-ring (bicyclic) bond motifs is 1. The van der Waals surface area contributed by atoms with Gasteiger partial charge in [0.2, 0.25) is 5.91 Å². The van der Waals surface area contributed by atoms with Gasteiger partial charge in [0.1, 0.15) is 6.04 Å². The average molecular weight is 259 g/mol. The minimum Gasteiger partial charge on any atom is -0.383 e. The van der Waals surface area contributed by atoms with Gasteiger partial charge >= 0.3 is 0 Å². The molecule has 1 atom stereocenters. The first kappa shape index (κ1) is 13.5. The van der Waals surface area contributed by atoms with E-state index in [2.05, 4.69) is 10.3 Å². The molecule has 1 aromatic carbocycles. The largest absolute Gasteiger partial charge is 0.383 e. The number of nitrogens with two attached hydrogens (primary N) is 1. The Morgan fingerprint density at radius 1 is 1.47 bits per heavy atom. The number of rotatable bonds is 4. The third-order valence-electron chi connectivity index (χ3n) is 2.91. The molecule has 0 saturated heterocycles. The Morgan fingerprint density at radius 2 is 2.26 bits per heavy atom. The smallest absolute Gasteiger partial charge is 0.243 e. The lowest BCUT2D eigenvalue weighted by molar-refractivity contribution is -0.118. The van der Waals surface area contributed by atoms with Gasteiger partial charge in [0.15, 0.2) is 0 Å². The van der Waals surface area contributed by atoms with Crippen molar-refractivity contribution in [1.82, 2.24) is 4.98 Å². The van der Waals surface area contributed by atoms with E-state index >= 15 is 0 Å². The van der Waals surface area contributed by atoms with Crippen molar-refractivity contribution in [2.75, 3.05) is 19.0 Å². The minimum absolute atomic E-state index is 0.188. The molecule has 2 rings (SSSR count). The van der Waals surface area contributed by atoms with Gasteiger partial charge in [-0.1, -0.05) is 6.07 Å². The molecule has 2 aromatic rings. The zero-order valence-corrected chi connectivity index (χ0v) is 11.0. The Kier molecular flexibility index (Phi) is 4.09. The van der Waals surface area contributed by atoms with Gasteiger partial charge in [-0.05, 0) is 30.7 Å². The summed E-state index contributed by atoms with van der Waals surface area (Å²) in [7, 11) is 1.51. The quantitative estimate of drug-likeness (QED) is 0.871. The molecule has 0 saturated carbocycles. The first-order chi connectivity index (χ1) is 9.13. The molecule has 0 aliphatic rings. The number of methoxy groups -OCH3 is 1. The highest BCUT2D eigenvalue weighted by Crippen LogP contribution is 2.24. The Hall–Kier alpha value is -1.98. The van der Waals surface area contributed by atoms with Crippen molar-refractivity contribution >= 4 is 22.5 Å². The fourth-order valence-corrected chi connectivity index (χ4v) is 1.90. The number of ether oxygens (including phenoxy) is 1. The Labute approximate surface area is 111 Å². The van der Waals surface area contributed by atoms with Crippen LogP contribution >= 0.6 is 0 Å². The van der Waals surface area contributed by atoms with Crippen molar-refractivity contribution < 1.29 is 9.53 Å². The molecule has 0 aliphatic carbocycles. The number of pyridine rings is 1. The molecule has 0 radical (unpaired) electrons. The molecular weight excluding hydrogens is 242 g/mol. The van der Waals surface area contributed by atoms with Crippen molar-refractivity contribution in [1.29, 1.82) is 0 Å². The van der Waals surface area contributed by atoms with Gasteiger partial charge in [-0.25, -0.2) is 0 Å². The van der Waals surface area contributed by atoms with E-state index in [4.69, 9.17) is 10.5 Å². The van der Waals surface area contributed by atoms with Gasteiger partial charge in [0.25, 0.3) is 0 Å². The van der Waals surface area contributed by atoms with E-state index in [0.717, 1.165) is 16.5 Å². The number of amides is 1. The van der Waals surface area contributed by atoms with Crippen LogP contribution in [0.25, 0.3) is 10.9 Å². The third kappa shape index (κ3) is 2.89. The Morgan fingerprint density at radius 3 is 3.00 bits per heavy atom. The molecule has 1 heterocycles. The van der Waals surface area contributed by atoms with Crippen molar-refractivity contribution in [3.8, 4) is 0 Å². The van der Waals surface area contributed by atoms with Gasteiger partial charge in [0, 0.05) is 18.7 Å². The van der Waals surface area contributed by atoms with Crippen LogP contribution in [-0.4, -0.2) is 30.6 Å². The highest BCUT2D eigenvalue weighted by molar-refractivity contribution is 6.03. The first-order valence-electron chi connectivity index (χ1n) is 6.03. The van der Waals surface area contributed by atoms with E-state index in [-0.39, 0.29) is 12.5 Å². The fourth-order valence-electron chi connectivity index (χ4n) is 1.90. The van der Waals surface area contributed by atoms with Crippen molar-refractivity contribution in [3.63, 3.8) is 0 Å². The van der Waals surface area contributed by atoms with E-state index in [1.807, 2.05) is 31.2 Å². The van der Waals surface area contributed by atoms with E-state index in [1.165, 1.54) is 7.11 Å². The summed E-state index contributed by atoms with van der Waals surface area (Å²) >= 11 is 0. The van der Waals surface area contributed by atoms with Crippen molar-refractivity contribution in [2.45, 2.75) is 13.0 Å². The zero-order chi connectivity index (χ0) is 13.8. The van der Waals surface area contributed by atoms with Crippen LogP contribution in [0.3, 0.4) is 0 Å². The molecule has 1 aromatic heterocycles. The topological polar surface area (TPSA) is 77.2 Å². The van der Waals surface area contributed by atoms with Crippen molar-refractivity contribution in [2.24, 2.45) is 5.73 Å². The molecule has 0 bridgehead atoms. The second-order valence-electron chi connectivity index (χ2n) is 4.38. The van der Waals surface area contributed by atoms with Gasteiger partial charge in [-0.15, -0.1) is 0 Å². The molecule has 3 N–H and O–H groups in total. The number of carbonyl (C=O) groups is 1. The number of anilines is 1. The fraction of sp³-hybridized carbons (Fsp3) is 0.286. The van der Waals surface area contributed by atoms with E-state index in [1.54, 1.807) is 6.20 Å². The molecular formula is C14H17N3O2. The number of carbonyl (C=O) groups excluding carboxylic acids is 1. The molecule has 5 heteroatoms. The molecule has 0 aliphatic heterocycles. The van der Waals surface area contributed by atoms with Crippen LogP contribution < -0.4 is 11.1 Å². The maximum atomic E-state index is 11.9. The molecule has 0 fully saturated rings. The van der Waals surface area contributed by atoms with Crippen LogP contribution in [0.2, 0.25) is 0 Å². The zero-order valence-electron chi connectivity index (χ0n) is 11.0. The number of benzene rings is 1. The summed E-state index contributed by atoms with van der Waals surface area (Å²) in [6.07, 6.45) is 1.73. The summed E-state index contributed by atoms with van der Waals surface area (Å²) in [6.45, 7) is 2.17. The number of hydrogen-bond donors (Lipinski definition) is 2. The second kappa shape index (κ2) is 5.77. The molecule has 19 heavy (non-hydrogen) atoms. The predicted molar refractivity (Wildman–Crippen MR) is 75.0 cm³/mol. The first-order valence-corrected chi connectivity index (χ1v) is 6.03. The summed E-state index contributed by atoms with van der Waals surface area (Å²) in [5, 5.41) is 3.72. The summed E-state index contributed by atoms with van der Waals surface area (Å²) in [5.41, 5.74) is 8.35. The van der Waals surface area contributed by atoms with Crippen molar-refractivity contribution in [3.05, 3.63) is 36.0 Å². The van der Waals surface area contributed by atoms with Gasteiger partial charge in [-0.2, -0.15) is 0 Å². The number of nitrogens with one attached hydrogen (secondary N) is 1. The molecule has 0 spiro atoms. The summed E-state index contributed by atoms with van der Waals surface area (Å²) in [5.74, 6) is -0.268. The average Bonchev–Trinajstić information content (AvgIpc) is 2.42. The number of aromatic nitrogens is 1. The lowest BCUT2D eigenvalue weighted by Crippen LogP contribution is -2.39. The summed E-state index contributed by atoms with van der Waals surface area (Å²) in [6, 6.07) is 6.86. The second-order valence-corrected chi connectivity index (χ2v) is 4.38. The van der Waals surface area contributed by atoms with E-state index < -0.39 is 6.04 Å².